The van der Waals surface area contributed by atoms with E-state index in [1.54, 1.807) is 71.0 Å². The predicted molar refractivity (Wildman–Crippen MR) is 238 cm³/mol. The highest BCUT2D eigenvalue weighted by atomic mass is 32.2. The lowest BCUT2D eigenvalue weighted by atomic mass is 10.0. The Balaban J connectivity index is 0.000000335. The Morgan fingerprint density at radius 1 is 0.524 bits per heavy atom. The second-order valence-electron chi connectivity index (χ2n) is 14.6. The Hall–Kier alpha value is -6.46. The van der Waals surface area contributed by atoms with Gasteiger partial charge in [0.1, 0.15) is 34.6 Å². The highest BCUT2D eigenvalue weighted by Gasteiger charge is 2.21. The van der Waals surface area contributed by atoms with Crippen LogP contribution in [0.5, 0.6) is 23.0 Å². The predicted octanol–water partition coefficient (Wildman–Crippen LogP) is 9.71. The molecular formula is C47H50F2N2O10S2. The average Bonchev–Trinajstić information content (AvgIpc) is 3.23. The topological polar surface area (TPSA) is 185 Å². The largest absolute Gasteiger partial charge is 0.478 e. The molecule has 0 aliphatic heterocycles. The van der Waals surface area contributed by atoms with E-state index >= 15 is 0 Å². The molecule has 6 aromatic carbocycles. The zero-order valence-electron chi connectivity index (χ0n) is 35.0. The molecular weight excluding hydrogens is 855 g/mol. The number of aryl methyl sites for hydroxylation is 3. The van der Waals surface area contributed by atoms with Crippen molar-refractivity contribution < 1.29 is 57.7 Å². The molecule has 4 N–H and O–H groups in total. The highest BCUT2D eigenvalue weighted by molar-refractivity contribution is 7.89. The van der Waals surface area contributed by atoms with E-state index in [-0.39, 0.29) is 48.5 Å². The maximum Gasteiger partial charge on any atom is 0.336 e. The Bertz CT molecular complexity index is 2850. The summed E-state index contributed by atoms with van der Waals surface area (Å²) in [6.07, 6.45) is 0.873. The van der Waals surface area contributed by atoms with Crippen molar-refractivity contribution >= 4 is 32.0 Å². The summed E-state index contributed by atoms with van der Waals surface area (Å²) in [5.74, 6) is -0.778. The van der Waals surface area contributed by atoms with Crippen LogP contribution in [0.15, 0.2) is 125 Å². The molecule has 0 atom stereocenters. The second-order valence-corrected chi connectivity index (χ2v) is 18.1. The number of aromatic carboxylic acids is 2. The van der Waals surface area contributed by atoms with Gasteiger partial charge in [-0.2, -0.15) is 0 Å². The van der Waals surface area contributed by atoms with Crippen LogP contribution in [-0.2, 0) is 32.9 Å². The fraction of sp³-hybridized carbons (Fsp3) is 0.191. The van der Waals surface area contributed by atoms with E-state index in [0.717, 1.165) is 11.1 Å². The number of carboxylic acid groups (broad SMARTS) is 2. The highest BCUT2D eigenvalue weighted by Crippen LogP contribution is 2.26. The lowest BCUT2D eigenvalue weighted by Gasteiger charge is -2.11. The number of halogens is 2. The number of benzene rings is 6. The second kappa shape index (κ2) is 20.6. The van der Waals surface area contributed by atoms with E-state index in [4.69, 9.17) is 9.47 Å². The number of hydrogen-bond donors (Lipinski definition) is 4. The van der Waals surface area contributed by atoms with Gasteiger partial charge >= 0.3 is 11.9 Å². The molecule has 334 valence electrons. The van der Waals surface area contributed by atoms with Gasteiger partial charge in [0.25, 0.3) is 0 Å². The third kappa shape index (κ3) is 13.0. The lowest BCUT2D eigenvalue weighted by Crippen LogP contribution is -2.26. The normalized spacial score (nSPS) is 11.3. The molecule has 0 bridgehead atoms. The minimum atomic E-state index is -3.85. The summed E-state index contributed by atoms with van der Waals surface area (Å²) in [4.78, 5) is 22.6. The first-order valence-electron chi connectivity index (χ1n) is 19.5. The molecule has 0 fully saturated rings. The molecule has 0 radical (unpaired) electrons. The van der Waals surface area contributed by atoms with E-state index in [2.05, 4.69) is 9.44 Å². The fourth-order valence-corrected chi connectivity index (χ4v) is 8.42. The molecule has 63 heavy (non-hydrogen) atoms. The van der Waals surface area contributed by atoms with Crippen molar-refractivity contribution in [1.29, 1.82) is 0 Å². The Morgan fingerprint density at radius 3 is 1.27 bits per heavy atom. The van der Waals surface area contributed by atoms with Crippen LogP contribution in [-0.4, -0.2) is 52.1 Å². The minimum Gasteiger partial charge on any atom is -0.478 e. The van der Waals surface area contributed by atoms with E-state index in [1.807, 2.05) is 24.3 Å². The third-order valence-electron chi connectivity index (χ3n) is 10.0. The zero-order valence-corrected chi connectivity index (χ0v) is 36.7. The van der Waals surface area contributed by atoms with Crippen LogP contribution in [0.25, 0.3) is 0 Å². The molecule has 12 nitrogen and oxygen atoms in total. The van der Waals surface area contributed by atoms with Crippen LogP contribution in [0.3, 0.4) is 0 Å². The van der Waals surface area contributed by atoms with Crippen LogP contribution in [0.4, 0.5) is 8.78 Å². The van der Waals surface area contributed by atoms with Crippen LogP contribution < -0.4 is 18.9 Å². The van der Waals surface area contributed by atoms with Gasteiger partial charge in [-0.15, -0.1) is 0 Å². The van der Waals surface area contributed by atoms with Gasteiger partial charge < -0.3 is 19.7 Å². The molecule has 0 aliphatic rings. The van der Waals surface area contributed by atoms with Gasteiger partial charge in [0.15, 0.2) is 0 Å². The SMILES string of the molecule is Cc1cc(Oc2ccc(CCNS(=O)(=O)c3cc(C)c(C)c(C(=O)O)c3)cc2)ccc1F.Cc1cc(S(=O)(=O)NCCc2ccc(Oc3ccc(F)cc3)cc2)cc(C(=O)O)c1C.[HH].[HH]. The molecule has 0 unspecified atom stereocenters. The van der Waals surface area contributed by atoms with Crippen molar-refractivity contribution in [3.05, 3.63) is 177 Å². The monoisotopic (exact) mass is 904 g/mol. The van der Waals surface area contributed by atoms with Crippen molar-refractivity contribution in [2.45, 2.75) is 57.3 Å². The summed E-state index contributed by atoms with van der Waals surface area (Å²) in [5, 5.41) is 18.6. The van der Waals surface area contributed by atoms with Gasteiger partial charge in [-0.1, -0.05) is 24.3 Å². The van der Waals surface area contributed by atoms with Crippen molar-refractivity contribution in [3.63, 3.8) is 0 Å². The summed E-state index contributed by atoms with van der Waals surface area (Å²) in [5.41, 5.74) is 4.47. The van der Waals surface area contributed by atoms with E-state index in [1.165, 1.54) is 54.6 Å². The van der Waals surface area contributed by atoms with Crippen molar-refractivity contribution in [3.8, 4) is 23.0 Å². The van der Waals surface area contributed by atoms with Gasteiger partial charge in [-0.05, 0) is 177 Å². The maximum absolute atomic E-state index is 13.4. The molecule has 6 aromatic rings. The fourth-order valence-electron chi connectivity index (χ4n) is 6.14. The summed E-state index contributed by atoms with van der Waals surface area (Å²) in [7, 11) is -7.70. The van der Waals surface area contributed by atoms with Crippen LogP contribution in [0.2, 0.25) is 0 Å². The number of sulfonamides is 2. The van der Waals surface area contributed by atoms with E-state index < -0.39 is 32.0 Å². The number of nitrogens with one attached hydrogen (secondary N) is 2. The van der Waals surface area contributed by atoms with Crippen molar-refractivity contribution in [1.82, 2.24) is 9.44 Å². The van der Waals surface area contributed by atoms with Gasteiger partial charge in [0, 0.05) is 15.9 Å². The lowest BCUT2D eigenvalue weighted by molar-refractivity contribution is 0.0684. The molecule has 6 rings (SSSR count). The molecule has 0 aromatic heterocycles. The van der Waals surface area contributed by atoms with Gasteiger partial charge in [0.2, 0.25) is 20.0 Å². The van der Waals surface area contributed by atoms with Crippen LogP contribution >= 0.6 is 0 Å². The van der Waals surface area contributed by atoms with Crippen molar-refractivity contribution in [2.75, 3.05) is 13.1 Å². The summed E-state index contributed by atoms with van der Waals surface area (Å²) < 4.78 is 93.1. The average molecular weight is 905 g/mol. The molecule has 16 heteroatoms. The smallest absolute Gasteiger partial charge is 0.336 e. The summed E-state index contributed by atoms with van der Waals surface area (Å²) >= 11 is 0. The third-order valence-corrected chi connectivity index (χ3v) is 12.9. The van der Waals surface area contributed by atoms with Gasteiger partial charge in [-0.25, -0.2) is 44.6 Å². The molecule has 0 spiro atoms. The number of carboxylic acids is 2. The molecule has 0 heterocycles. The van der Waals surface area contributed by atoms with Crippen LogP contribution in [0.1, 0.15) is 62.5 Å². The van der Waals surface area contributed by atoms with E-state index in [0.29, 0.717) is 63.7 Å². The summed E-state index contributed by atoms with van der Waals surface area (Å²) in [6, 6.07) is 29.7. The first kappa shape index (κ1) is 47.6. The first-order chi connectivity index (χ1) is 29.7. The minimum absolute atomic E-state index is 0. The maximum atomic E-state index is 13.4. The molecule has 0 saturated carbocycles. The summed E-state index contributed by atoms with van der Waals surface area (Å²) in [6.45, 7) is 8.60. The zero-order chi connectivity index (χ0) is 46.1. The number of hydrogen-bond acceptors (Lipinski definition) is 8. The quantitative estimate of drug-likeness (QED) is 0.0729. The number of rotatable bonds is 16. The van der Waals surface area contributed by atoms with Crippen molar-refractivity contribution in [2.24, 2.45) is 0 Å². The molecule has 0 amide bonds. The first-order valence-corrected chi connectivity index (χ1v) is 22.4. The molecule has 0 saturated heterocycles. The van der Waals surface area contributed by atoms with Gasteiger partial charge in [-0.3, -0.25) is 0 Å². The Morgan fingerprint density at radius 2 is 0.889 bits per heavy atom. The number of carbonyl (C=O) groups is 2. The van der Waals surface area contributed by atoms with E-state index in [9.17, 15) is 45.4 Å². The molecule has 0 aliphatic carbocycles. The van der Waals surface area contributed by atoms with Gasteiger partial charge in [0.05, 0.1) is 20.9 Å². The van der Waals surface area contributed by atoms with Crippen LogP contribution in [0, 0.1) is 46.3 Å². The Labute approximate surface area is 368 Å². The number of ether oxygens (including phenoxy) is 2. The standard InChI is InChI=1S/C24H24FNO5S.C23H22FNO5S.2H2/c1-15-13-21(14-22(17(15)3)24(27)28)32(29,30)26-11-10-18-4-6-19(7-5-18)31-20-8-9-23(25)16(2)12-20;1-15-13-21(14-22(16(15)2)23(26)27)31(28,29)25-12-11-17-3-7-19(8-4-17)30-20-9-5-18(24)6-10-20;;/h4-9,12-14,26H,10-11H2,1-3H3,(H,27,28);3-10,13-14,25H,11-12H2,1-2H3,(H,26,27);2*1H. The Kier molecular flexibility index (Phi) is 15.6.